The van der Waals surface area contributed by atoms with Gasteiger partial charge in [-0.05, 0) is 30.2 Å². The number of hydrogen-bond donors (Lipinski definition) is 1. The molecule has 0 fully saturated rings. The Hall–Kier alpha value is -2.86. The third kappa shape index (κ3) is 3.40. The van der Waals surface area contributed by atoms with Crippen molar-refractivity contribution < 1.29 is 8.96 Å². The van der Waals surface area contributed by atoms with Crippen molar-refractivity contribution in [3.63, 3.8) is 0 Å². The second-order valence-corrected chi connectivity index (χ2v) is 7.37. The van der Waals surface area contributed by atoms with Gasteiger partial charge in [-0.2, -0.15) is 4.57 Å². The Labute approximate surface area is 160 Å². The summed E-state index contributed by atoms with van der Waals surface area (Å²) in [5.74, 6) is 0.329. The molecule has 0 saturated heterocycles. The van der Waals surface area contributed by atoms with Crippen molar-refractivity contribution in [3.05, 3.63) is 81.2 Å². The van der Waals surface area contributed by atoms with Crippen LogP contribution in [0.1, 0.15) is 24.0 Å². The molecule has 1 N–H and O–H groups in total. The van der Waals surface area contributed by atoms with Gasteiger partial charge in [0.05, 0.1) is 5.39 Å². The van der Waals surface area contributed by atoms with Crippen LogP contribution < -0.4 is 10.1 Å². The topological polar surface area (TPSA) is 49.6 Å². The van der Waals surface area contributed by atoms with Crippen LogP contribution in [0.3, 0.4) is 0 Å². The van der Waals surface area contributed by atoms with Crippen LogP contribution in [0.2, 0.25) is 0 Å². The van der Waals surface area contributed by atoms with Crippen molar-refractivity contribution in [2.45, 2.75) is 26.8 Å². The molecule has 0 unspecified atom stereocenters. The highest BCUT2D eigenvalue weighted by Gasteiger charge is 2.16. The first-order chi connectivity index (χ1) is 13.0. The van der Waals surface area contributed by atoms with Crippen LogP contribution in [0.5, 0.6) is 0 Å². The third-order valence-corrected chi connectivity index (χ3v) is 5.56. The largest absolute Gasteiger partial charge is 0.305 e. The second-order valence-electron chi connectivity index (χ2n) is 6.51. The van der Waals surface area contributed by atoms with Crippen LogP contribution in [0, 0.1) is 12.7 Å². The molecule has 0 aliphatic carbocycles. The van der Waals surface area contributed by atoms with Crippen LogP contribution in [0.4, 0.5) is 4.39 Å². The maximum Gasteiger partial charge on any atom is 0.260 e. The minimum Gasteiger partial charge on any atom is -0.305 e. The summed E-state index contributed by atoms with van der Waals surface area (Å²) in [6.45, 7) is 4.66. The Bertz CT molecular complexity index is 1180. The first-order valence-corrected chi connectivity index (χ1v) is 9.68. The van der Waals surface area contributed by atoms with Gasteiger partial charge in [-0.25, -0.2) is 9.37 Å². The smallest absolute Gasteiger partial charge is 0.260 e. The normalized spacial score (nSPS) is 11.2. The van der Waals surface area contributed by atoms with E-state index in [9.17, 15) is 9.18 Å². The monoisotopic (exact) mass is 380 g/mol. The van der Waals surface area contributed by atoms with Gasteiger partial charge in [-0.15, -0.1) is 11.3 Å². The van der Waals surface area contributed by atoms with Gasteiger partial charge in [-0.1, -0.05) is 19.1 Å². The molecule has 4 rings (SSSR count). The van der Waals surface area contributed by atoms with E-state index in [0.717, 1.165) is 23.2 Å². The molecule has 0 amide bonds. The van der Waals surface area contributed by atoms with E-state index in [0.29, 0.717) is 22.6 Å². The molecule has 0 aliphatic heterocycles. The summed E-state index contributed by atoms with van der Waals surface area (Å²) < 4.78 is 15.3. The molecular formula is C21H19FN3OS+. The van der Waals surface area contributed by atoms with E-state index in [1.165, 1.54) is 29.0 Å². The van der Waals surface area contributed by atoms with Gasteiger partial charge in [0.25, 0.3) is 5.56 Å². The molecule has 0 spiro atoms. The van der Waals surface area contributed by atoms with Gasteiger partial charge in [0.1, 0.15) is 10.6 Å². The maximum atomic E-state index is 13.2. The lowest BCUT2D eigenvalue weighted by Crippen LogP contribution is -2.39. The number of hydrogen-bond acceptors (Lipinski definition) is 3. The summed E-state index contributed by atoms with van der Waals surface area (Å²) in [5.41, 5.74) is 3.77. The highest BCUT2D eigenvalue weighted by atomic mass is 32.1. The maximum absolute atomic E-state index is 13.2. The highest BCUT2D eigenvalue weighted by Crippen LogP contribution is 2.30. The molecule has 3 aromatic heterocycles. The van der Waals surface area contributed by atoms with Crippen molar-refractivity contribution in [2.75, 3.05) is 0 Å². The fraction of sp³-hybridized carbons (Fsp3) is 0.190. The highest BCUT2D eigenvalue weighted by molar-refractivity contribution is 7.17. The fourth-order valence-corrected chi connectivity index (χ4v) is 4.09. The van der Waals surface area contributed by atoms with Crippen LogP contribution in [-0.4, -0.2) is 9.97 Å². The van der Waals surface area contributed by atoms with E-state index in [1.807, 2.05) is 12.3 Å². The van der Waals surface area contributed by atoms with Crippen LogP contribution in [0.15, 0.2) is 52.8 Å². The van der Waals surface area contributed by atoms with E-state index in [1.54, 1.807) is 12.1 Å². The average molecular weight is 380 g/mol. The number of nitrogens with one attached hydrogen (secondary N) is 1. The van der Waals surface area contributed by atoms with Crippen molar-refractivity contribution in [1.82, 2.24) is 9.97 Å². The molecule has 0 bridgehead atoms. The number of halogens is 1. The number of H-pyrrole nitrogens is 1. The number of aromatic nitrogens is 3. The van der Waals surface area contributed by atoms with Gasteiger partial charge >= 0.3 is 0 Å². The lowest BCUT2D eigenvalue weighted by Gasteiger charge is -2.04. The Morgan fingerprint density at radius 1 is 1.19 bits per heavy atom. The minimum atomic E-state index is -0.297. The number of nitrogens with zero attached hydrogens (tertiary/aromatic N) is 2. The van der Waals surface area contributed by atoms with Gasteiger partial charge in [0.15, 0.2) is 17.7 Å². The number of aryl methyl sites for hydroxylation is 2. The molecule has 136 valence electrons. The molecule has 4 aromatic rings. The third-order valence-electron chi connectivity index (χ3n) is 4.69. The van der Waals surface area contributed by atoms with Crippen molar-refractivity contribution in [3.8, 4) is 11.1 Å². The number of fused-ring (bicyclic) bond motifs is 1. The zero-order valence-corrected chi connectivity index (χ0v) is 15.9. The van der Waals surface area contributed by atoms with Crippen molar-refractivity contribution in [1.29, 1.82) is 0 Å². The summed E-state index contributed by atoms with van der Waals surface area (Å²) in [7, 11) is 0. The standard InChI is InChI=1S/C21H18FN3OS/c1-3-14-5-4-13(2)25(10-14)11-18-23-20(26)19-17(12-27-21(19)24-18)15-6-8-16(22)9-7-15/h4-10,12H,3,11H2,1-2H3/p+1. The predicted molar refractivity (Wildman–Crippen MR) is 105 cm³/mol. The van der Waals surface area contributed by atoms with Gasteiger partial charge < -0.3 is 4.98 Å². The molecular weight excluding hydrogens is 361 g/mol. The molecule has 1 aromatic carbocycles. The summed E-state index contributed by atoms with van der Waals surface area (Å²) in [6, 6.07) is 10.3. The van der Waals surface area contributed by atoms with Crippen LogP contribution >= 0.6 is 11.3 Å². The number of aromatic amines is 1. The number of pyridine rings is 1. The Morgan fingerprint density at radius 3 is 2.70 bits per heavy atom. The minimum absolute atomic E-state index is 0.166. The molecule has 27 heavy (non-hydrogen) atoms. The molecule has 0 atom stereocenters. The zero-order valence-electron chi connectivity index (χ0n) is 15.1. The van der Waals surface area contributed by atoms with Crippen molar-refractivity contribution in [2.24, 2.45) is 0 Å². The first kappa shape index (κ1) is 17.5. The lowest BCUT2D eigenvalue weighted by molar-refractivity contribution is -0.695. The molecule has 0 saturated carbocycles. The Balaban J connectivity index is 1.75. The van der Waals surface area contributed by atoms with Gasteiger partial charge in [0, 0.05) is 29.5 Å². The molecule has 6 heteroatoms. The van der Waals surface area contributed by atoms with Gasteiger partial charge in [0.2, 0.25) is 6.54 Å². The second kappa shape index (κ2) is 7.04. The van der Waals surface area contributed by atoms with E-state index in [4.69, 9.17) is 0 Å². The van der Waals surface area contributed by atoms with Crippen LogP contribution in [-0.2, 0) is 13.0 Å². The number of benzene rings is 1. The molecule has 3 heterocycles. The molecule has 0 radical (unpaired) electrons. The summed E-state index contributed by atoms with van der Waals surface area (Å²) in [5, 5.41) is 2.46. The number of thiophene rings is 1. The van der Waals surface area contributed by atoms with E-state index < -0.39 is 0 Å². The van der Waals surface area contributed by atoms with Crippen molar-refractivity contribution >= 4 is 21.6 Å². The van der Waals surface area contributed by atoms with E-state index >= 15 is 0 Å². The quantitative estimate of drug-likeness (QED) is 0.544. The SMILES string of the molecule is CCc1ccc(C)[n+](Cc2nc3scc(-c4ccc(F)cc4)c3c(=O)[nH]2)c1. The fourth-order valence-electron chi connectivity index (χ4n) is 3.12. The Morgan fingerprint density at radius 2 is 1.96 bits per heavy atom. The predicted octanol–water partition coefficient (Wildman–Crippen LogP) is 4.00. The van der Waals surface area contributed by atoms with Crippen LogP contribution in [0.25, 0.3) is 21.3 Å². The van der Waals surface area contributed by atoms with E-state index in [-0.39, 0.29) is 11.4 Å². The van der Waals surface area contributed by atoms with Gasteiger partial charge in [-0.3, -0.25) is 4.79 Å². The summed E-state index contributed by atoms with van der Waals surface area (Å²) in [6.07, 6.45) is 3.05. The Kier molecular flexibility index (Phi) is 4.58. The molecule has 4 nitrogen and oxygen atoms in total. The molecule has 0 aliphatic rings. The summed E-state index contributed by atoms with van der Waals surface area (Å²) in [4.78, 5) is 21.0. The first-order valence-electron chi connectivity index (χ1n) is 8.80. The number of rotatable bonds is 4. The summed E-state index contributed by atoms with van der Waals surface area (Å²) >= 11 is 1.43. The van der Waals surface area contributed by atoms with E-state index in [2.05, 4.69) is 39.8 Å². The average Bonchev–Trinajstić information content (AvgIpc) is 3.09. The zero-order chi connectivity index (χ0) is 19.0. The lowest BCUT2D eigenvalue weighted by atomic mass is 10.1.